The van der Waals surface area contributed by atoms with Gasteiger partial charge in [-0.3, -0.25) is 14.9 Å². The number of aromatic nitrogens is 3. The summed E-state index contributed by atoms with van der Waals surface area (Å²) in [6.07, 6.45) is 1.63. The smallest absolute Gasteiger partial charge is 0.262 e. The lowest BCUT2D eigenvalue weighted by atomic mass is 10.0. The van der Waals surface area contributed by atoms with Crippen LogP contribution in [0.25, 0.3) is 0 Å². The summed E-state index contributed by atoms with van der Waals surface area (Å²) in [4.78, 5) is 28.4. The van der Waals surface area contributed by atoms with Crippen molar-refractivity contribution in [2.24, 2.45) is 0 Å². The topological polar surface area (TPSA) is 107 Å². The van der Waals surface area contributed by atoms with Crippen molar-refractivity contribution < 1.29 is 19.1 Å². The predicted molar refractivity (Wildman–Crippen MR) is 114 cm³/mol. The molecule has 1 atom stereocenters. The van der Waals surface area contributed by atoms with E-state index in [0.29, 0.717) is 17.4 Å². The highest BCUT2D eigenvalue weighted by Gasteiger charge is 2.28. The van der Waals surface area contributed by atoms with Crippen LogP contribution in [0.3, 0.4) is 0 Å². The van der Waals surface area contributed by atoms with E-state index in [1.165, 1.54) is 13.4 Å². The second kappa shape index (κ2) is 8.47. The van der Waals surface area contributed by atoms with Crippen LogP contribution in [0.15, 0.2) is 42.7 Å². The molecule has 0 spiro atoms. The molecule has 1 aliphatic heterocycles. The SMILES string of the molecule is COc1cc([C@H]2CC(=O)Nc3ncnn32)ccc1OCC(=O)Nc1ccc(C)cc1C. The minimum Gasteiger partial charge on any atom is -0.493 e. The summed E-state index contributed by atoms with van der Waals surface area (Å²) in [5, 5.41) is 9.75. The molecule has 2 aromatic carbocycles. The molecule has 4 rings (SSSR count). The number of anilines is 2. The molecule has 31 heavy (non-hydrogen) atoms. The minimum atomic E-state index is -0.304. The van der Waals surface area contributed by atoms with Gasteiger partial charge in [-0.1, -0.05) is 23.8 Å². The molecule has 2 heterocycles. The molecule has 0 radical (unpaired) electrons. The number of hydrogen-bond donors (Lipinski definition) is 2. The van der Waals surface area contributed by atoms with Crippen LogP contribution in [0.2, 0.25) is 0 Å². The van der Waals surface area contributed by atoms with Gasteiger partial charge in [0.05, 0.1) is 19.6 Å². The van der Waals surface area contributed by atoms with Crippen molar-refractivity contribution >= 4 is 23.5 Å². The molecule has 9 heteroatoms. The van der Waals surface area contributed by atoms with Crippen LogP contribution in [0.5, 0.6) is 11.5 Å². The third kappa shape index (κ3) is 4.35. The molecule has 0 saturated heterocycles. The van der Waals surface area contributed by atoms with E-state index in [-0.39, 0.29) is 30.9 Å². The first kappa shape index (κ1) is 20.4. The first-order valence-electron chi connectivity index (χ1n) is 9.82. The minimum absolute atomic E-state index is 0.132. The molecular formula is C22H23N5O4. The Balaban J connectivity index is 1.47. The van der Waals surface area contributed by atoms with Gasteiger partial charge >= 0.3 is 0 Å². The van der Waals surface area contributed by atoms with Gasteiger partial charge in [-0.05, 0) is 43.2 Å². The van der Waals surface area contributed by atoms with E-state index in [4.69, 9.17) is 9.47 Å². The fourth-order valence-electron chi connectivity index (χ4n) is 3.56. The van der Waals surface area contributed by atoms with E-state index in [1.807, 2.05) is 38.1 Å². The number of amides is 2. The zero-order valence-corrected chi connectivity index (χ0v) is 17.5. The van der Waals surface area contributed by atoms with Crippen molar-refractivity contribution in [2.45, 2.75) is 26.3 Å². The zero-order chi connectivity index (χ0) is 22.0. The maximum Gasteiger partial charge on any atom is 0.262 e. The average Bonchev–Trinajstić information content (AvgIpc) is 3.22. The molecule has 160 valence electrons. The second-order valence-electron chi connectivity index (χ2n) is 7.36. The predicted octanol–water partition coefficient (Wildman–Crippen LogP) is 2.85. The number of methoxy groups -OCH3 is 1. The van der Waals surface area contributed by atoms with Gasteiger partial charge in [0.2, 0.25) is 11.9 Å². The molecule has 3 aromatic rings. The molecule has 1 aliphatic rings. The Morgan fingerprint density at radius 3 is 2.84 bits per heavy atom. The number of aryl methyl sites for hydroxylation is 2. The van der Waals surface area contributed by atoms with Crippen LogP contribution in [-0.2, 0) is 9.59 Å². The highest BCUT2D eigenvalue weighted by molar-refractivity contribution is 5.92. The number of rotatable bonds is 6. The van der Waals surface area contributed by atoms with E-state index >= 15 is 0 Å². The van der Waals surface area contributed by atoms with Gasteiger partial charge in [-0.15, -0.1) is 0 Å². The molecule has 2 N–H and O–H groups in total. The van der Waals surface area contributed by atoms with Crippen LogP contribution in [0.1, 0.15) is 29.2 Å². The second-order valence-corrected chi connectivity index (χ2v) is 7.36. The zero-order valence-electron chi connectivity index (χ0n) is 17.5. The maximum atomic E-state index is 12.3. The van der Waals surface area contributed by atoms with Crippen molar-refractivity contribution in [1.82, 2.24) is 14.8 Å². The standard InChI is InChI=1S/C22H23N5O4/c1-13-4-6-16(14(2)8-13)25-21(29)11-31-18-7-5-15(9-19(18)30-3)17-10-20(28)26-22-23-12-24-27(17)22/h4-9,12,17H,10-11H2,1-3H3,(H,25,29)(H,23,24,26,28)/t17-/m1/s1. The van der Waals surface area contributed by atoms with Gasteiger partial charge in [0.1, 0.15) is 6.33 Å². The lowest BCUT2D eigenvalue weighted by Gasteiger charge is -2.24. The summed E-state index contributed by atoms with van der Waals surface area (Å²) in [6.45, 7) is 3.78. The molecule has 0 aliphatic carbocycles. The van der Waals surface area contributed by atoms with Gasteiger partial charge in [-0.2, -0.15) is 10.1 Å². The largest absolute Gasteiger partial charge is 0.493 e. The van der Waals surface area contributed by atoms with Crippen LogP contribution in [0, 0.1) is 13.8 Å². The summed E-state index contributed by atoms with van der Waals surface area (Å²) in [7, 11) is 1.52. The van der Waals surface area contributed by atoms with Crippen LogP contribution >= 0.6 is 0 Å². The lowest BCUT2D eigenvalue weighted by Crippen LogP contribution is -2.29. The fourth-order valence-corrected chi connectivity index (χ4v) is 3.56. The first-order chi connectivity index (χ1) is 14.9. The van der Waals surface area contributed by atoms with Gasteiger partial charge in [0, 0.05) is 5.69 Å². The molecule has 0 fully saturated rings. The highest BCUT2D eigenvalue weighted by atomic mass is 16.5. The van der Waals surface area contributed by atoms with Gasteiger partial charge in [0.15, 0.2) is 18.1 Å². The van der Waals surface area contributed by atoms with E-state index < -0.39 is 0 Å². The van der Waals surface area contributed by atoms with Gasteiger partial charge in [0.25, 0.3) is 5.91 Å². The molecule has 0 bridgehead atoms. The number of hydrogen-bond acceptors (Lipinski definition) is 6. The number of benzene rings is 2. The van der Waals surface area contributed by atoms with Crippen molar-refractivity contribution in [3.05, 3.63) is 59.4 Å². The number of nitrogens with zero attached hydrogens (tertiary/aromatic N) is 3. The van der Waals surface area contributed by atoms with Crippen molar-refractivity contribution in [2.75, 3.05) is 24.4 Å². The molecule has 0 saturated carbocycles. The number of carbonyl (C=O) groups excluding carboxylic acids is 2. The van der Waals surface area contributed by atoms with Crippen LogP contribution in [0.4, 0.5) is 11.6 Å². The normalized spacial score (nSPS) is 15.1. The molecule has 1 aromatic heterocycles. The van der Waals surface area contributed by atoms with E-state index in [1.54, 1.807) is 16.8 Å². The van der Waals surface area contributed by atoms with Crippen molar-refractivity contribution in [3.63, 3.8) is 0 Å². The Morgan fingerprint density at radius 2 is 2.06 bits per heavy atom. The number of ether oxygens (including phenoxy) is 2. The van der Waals surface area contributed by atoms with Gasteiger partial charge in [-0.25, -0.2) is 4.68 Å². The highest BCUT2D eigenvalue weighted by Crippen LogP contribution is 2.35. The van der Waals surface area contributed by atoms with Crippen LogP contribution < -0.4 is 20.1 Å². The Bertz CT molecular complexity index is 1140. The summed E-state index contributed by atoms with van der Waals surface area (Å²) < 4.78 is 12.8. The summed E-state index contributed by atoms with van der Waals surface area (Å²) >= 11 is 0. The monoisotopic (exact) mass is 421 g/mol. The van der Waals surface area contributed by atoms with Crippen molar-refractivity contribution in [1.29, 1.82) is 0 Å². The average molecular weight is 421 g/mol. The molecule has 0 unspecified atom stereocenters. The van der Waals surface area contributed by atoms with Crippen molar-refractivity contribution in [3.8, 4) is 11.5 Å². The fraction of sp³-hybridized carbons (Fsp3) is 0.273. The van der Waals surface area contributed by atoms with Crippen LogP contribution in [-0.4, -0.2) is 40.3 Å². The molecule has 2 amide bonds. The quantitative estimate of drug-likeness (QED) is 0.634. The van der Waals surface area contributed by atoms with E-state index in [9.17, 15) is 9.59 Å². The van der Waals surface area contributed by atoms with E-state index in [0.717, 1.165) is 22.4 Å². The molecule has 9 nitrogen and oxygen atoms in total. The molecular weight excluding hydrogens is 398 g/mol. The number of nitrogens with one attached hydrogen (secondary N) is 2. The summed E-state index contributed by atoms with van der Waals surface area (Å²) in [5.74, 6) is 0.899. The third-order valence-corrected chi connectivity index (χ3v) is 5.09. The summed E-state index contributed by atoms with van der Waals surface area (Å²) in [6, 6.07) is 10.8. The maximum absolute atomic E-state index is 12.3. The Labute approximate surface area is 179 Å². The number of carbonyl (C=O) groups is 2. The lowest BCUT2D eigenvalue weighted by molar-refractivity contribution is -0.118. The Kier molecular flexibility index (Phi) is 5.57. The summed E-state index contributed by atoms with van der Waals surface area (Å²) in [5.41, 5.74) is 3.69. The Morgan fingerprint density at radius 1 is 1.23 bits per heavy atom. The first-order valence-corrected chi connectivity index (χ1v) is 9.82. The van der Waals surface area contributed by atoms with E-state index in [2.05, 4.69) is 20.7 Å². The Hall–Kier alpha value is -3.88. The number of fused-ring (bicyclic) bond motifs is 1. The van der Waals surface area contributed by atoms with Gasteiger partial charge < -0.3 is 14.8 Å². The third-order valence-electron chi connectivity index (χ3n) is 5.09.